The van der Waals surface area contributed by atoms with Gasteiger partial charge in [0.2, 0.25) is 10.0 Å². The zero-order valence-electron chi connectivity index (χ0n) is 16.7. The Morgan fingerprint density at radius 1 is 0.967 bits per heavy atom. The molecule has 0 saturated carbocycles. The lowest BCUT2D eigenvalue weighted by atomic mass is 10.0. The molecule has 0 radical (unpaired) electrons. The van der Waals surface area contributed by atoms with Gasteiger partial charge in [0.15, 0.2) is 0 Å². The van der Waals surface area contributed by atoms with E-state index < -0.39 is 10.0 Å². The Kier molecular flexibility index (Phi) is 7.19. The fourth-order valence-electron chi connectivity index (χ4n) is 2.94. The number of anilines is 1. The van der Waals surface area contributed by atoms with E-state index in [9.17, 15) is 13.2 Å². The van der Waals surface area contributed by atoms with Gasteiger partial charge in [-0.05, 0) is 41.3 Å². The lowest BCUT2D eigenvalue weighted by Gasteiger charge is -2.12. The fourth-order valence-corrected chi connectivity index (χ4v) is 3.50. The van der Waals surface area contributed by atoms with Crippen molar-refractivity contribution in [1.82, 2.24) is 4.98 Å². The van der Waals surface area contributed by atoms with Crippen LogP contribution >= 0.6 is 0 Å². The van der Waals surface area contributed by atoms with Crippen molar-refractivity contribution >= 4 is 21.5 Å². The van der Waals surface area contributed by atoms with E-state index in [1.807, 2.05) is 36.4 Å². The van der Waals surface area contributed by atoms with Crippen LogP contribution in [0.2, 0.25) is 0 Å². The highest BCUT2D eigenvalue weighted by atomic mass is 32.2. The third-order valence-corrected chi connectivity index (χ3v) is 5.01. The number of carbonyl (C=O) groups excluding carboxylic acids is 1. The highest BCUT2D eigenvalue weighted by molar-refractivity contribution is 7.92. The number of aryl methyl sites for hydroxylation is 1. The molecule has 0 atom stereocenters. The largest absolute Gasteiger partial charge is 0.487 e. The smallest absolute Gasteiger partial charge is 0.229 e. The van der Waals surface area contributed by atoms with Crippen LogP contribution in [0.5, 0.6) is 5.75 Å². The number of nitrogens with one attached hydrogen (secondary N) is 1. The Labute approximate surface area is 177 Å². The van der Waals surface area contributed by atoms with Crippen LogP contribution in [-0.2, 0) is 34.3 Å². The Morgan fingerprint density at radius 3 is 2.40 bits per heavy atom. The number of carbonyl (C=O) groups is 1. The van der Waals surface area contributed by atoms with Gasteiger partial charge in [-0.2, -0.15) is 0 Å². The molecule has 0 amide bonds. The van der Waals surface area contributed by atoms with Crippen molar-refractivity contribution in [2.45, 2.75) is 25.9 Å². The molecule has 2 aromatic carbocycles. The fraction of sp³-hybridized carbons (Fsp3) is 0.217. The first-order chi connectivity index (χ1) is 14.4. The number of para-hydroxylation sites is 2. The van der Waals surface area contributed by atoms with Crippen LogP contribution in [0.25, 0.3) is 0 Å². The standard InChI is InChI=1S/C23H24N2O4S/c1-30(27,28)25-22-6-2-3-7-23(22)29-17-20-10-8-18(9-11-20)15-21(26)13-12-19-5-4-14-24-16-19/h2-11,14,16,25H,12-13,15,17H2,1H3. The Hall–Kier alpha value is -3.19. The van der Waals surface area contributed by atoms with Gasteiger partial charge >= 0.3 is 0 Å². The molecule has 1 aromatic heterocycles. The molecule has 0 aliphatic rings. The van der Waals surface area contributed by atoms with Gasteiger partial charge in [-0.3, -0.25) is 14.5 Å². The van der Waals surface area contributed by atoms with Gasteiger partial charge in [0.1, 0.15) is 18.1 Å². The molecule has 0 bridgehead atoms. The number of hydrogen-bond donors (Lipinski definition) is 1. The molecule has 3 aromatic rings. The van der Waals surface area contributed by atoms with Crippen LogP contribution in [0.1, 0.15) is 23.1 Å². The molecule has 0 spiro atoms. The van der Waals surface area contributed by atoms with Gasteiger partial charge in [0, 0.05) is 25.2 Å². The van der Waals surface area contributed by atoms with Gasteiger partial charge in [-0.15, -0.1) is 0 Å². The minimum absolute atomic E-state index is 0.184. The predicted molar refractivity (Wildman–Crippen MR) is 117 cm³/mol. The predicted octanol–water partition coefficient (Wildman–Crippen LogP) is 3.78. The topological polar surface area (TPSA) is 85.4 Å². The van der Waals surface area contributed by atoms with E-state index in [0.29, 0.717) is 30.7 Å². The number of aromatic nitrogens is 1. The molecular weight excluding hydrogens is 400 g/mol. The Bertz CT molecular complexity index is 1080. The summed E-state index contributed by atoms with van der Waals surface area (Å²) in [6, 6.07) is 18.4. The molecule has 1 heterocycles. The van der Waals surface area contributed by atoms with E-state index in [4.69, 9.17) is 4.74 Å². The number of nitrogens with zero attached hydrogens (tertiary/aromatic N) is 1. The number of rotatable bonds is 10. The van der Waals surface area contributed by atoms with Gasteiger partial charge in [-0.1, -0.05) is 42.5 Å². The Morgan fingerprint density at radius 2 is 1.70 bits per heavy atom. The van der Waals surface area contributed by atoms with Gasteiger partial charge in [-0.25, -0.2) is 8.42 Å². The van der Waals surface area contributed by atoms with Crippen molar-refractivity contribution in [2.24, 2.45) is 0 Å². The second-order valence-corrected chi connectivity index (χ2v) is 8.80. The molecule has 0 aliphatic heterocycles. The number of hydrogen-bond acceptors (Lipinski definition) is 5. The Balaban J connectivity index is 1.52. The highest BCUT2D eigenvalue weighted by Gasteiger charge is 2.09. The summed E-state index contributed by atoms with van der Waals surface area (Å²) < 4.78 is 31.2. The number of pyridine rings is 1. The van der Waals surface area contributed by atoms with Crippen molar-refractivity contribution in [1.29, 1.82) is 0 Å². The maximum atomic E-state index is 12.2. The third kappa shape index (κ3) is 7.00. The van der Waals surface area contributed by atoms with Crippen LogP contribution in [0, 0.1) is 0 Å². The first-order valence-corrected chi connectivity index (χ1v) is 11.5. The van der Waals surface area contributed by atoms with Gasteiger partial charge < -0.3 is 4.74 Å². The van der Waals surface area contributed by atoms with E-state index in [1.54, 1.807) is 36.7 Å². The number of sulfonamides is 1. The molecule has 6 nitrogen and oxygen atoms in total. The van der Waals surface area contributed by atoms with E-state index >= 15 is 0 Å². The summed E-state index contributed by atoms with van der Waals surface area (Å²) in [6.45, 7) is 0.289. The molecule has 0 unspecified atom stereocenters. The van der Waals surface area contributed by atoms with E-state index in [-0.39, 0.29) is 12.4 Å². The van der Waals surface area contributed by atoms with Crippen molar-refractivity contribution in [3.05, 3.63) is 89.7 Å². The molecule has 7 heteroatoms. The third-order valence-electron chi connectivity index (χ3n) is 4.42. The van der Waals surface area contributed by atoms with Crippen LogP contribution in [0.4, 0.5) is 5.69 Å². The summed E-state index contributed by atoms with van der Waals surface area (Å²) in [5, 5.41) is 0. The van der Waals surface area contributed by atoms with Crippen LogP contribution in [0.3, 0.4) is 0 Å². The van der Waals surface area contributed by atoms with Crippen molar-refractivity contribution in [2.75, 3.05) is 11.0 Å². The average molecular weight is 425 g/mol. The van der Waals surface area contributed by atoms with E-state index in [0.717, 1.165) is 22.9 Å². The molecule has 0 aliphatic carbocycles. The van der Waals surface area contributed by atoms with Crippen LogP contribution in [-0.4, -0.2) is 25.4 Å². The molecule has 30 heavy (non-hydrogen) atoms. The van der Waals surface area contributed by atoms with E-state index in [2.05, 4.69) is 9.71 Å². The van der Waals surface area contributed by atoms with Crippen LogP contribution < -0.4 is 9.46 Å². The zero-order valence-corrected chi connectivity index (χ0v) is 17.6. The minimum Gasteiger partial charge on any atom is -0.487 e. The summed E-state index contributed by atoms with van der Waals surface area (Å²) >= 11 is 0. The summed E-state index contributed by atoms with van der Waals surface area (Å²) in [5.41, 5.74) is 3.34. The first kappa shape index (κ1) is 21.5. The molecule has 0 fully saturated rings. The van der Waals surface area contributed by atoms with Crippen LogP contribution in [0.15, 0.2) is 73.1 Å². The van der Waals surface area contributed by atoms with Crippen molar-refractivity contribution in [3.63, 3.8) is 0 Å². The number of ketones is 1. The maximum absolute atomic E-state index is 12.2. The normalized spacial score (nSPS) is 11.1. The second kappa shape index (κ2) is 10.0. The summed E-state index contributed by atoms with van der Waals surface area (Å²) in [4.78, 5) is 16.3. The summed E-state index contributed by atoms with van der Waals surface area (Å²) in [7, 11) is -3.39. The molecule has 156 valence electrons. The van der Waals surface area contributed by atoms with E-state index in [1.165, 1.54) is 0 Å². The highest BCUT2D eigenvalue weighted by Crippen LogP contribution is 2.25. The SMILES string of the molecule is CS(=O)(=O)Nc1ccccc1OCc1ccc(CC(=O)CCc2cccnc2)cc1. The minimum atomic E-state index is -3.39. The summed E-state index contributed by atoms with van der Waals surface area (Å²) in [6.07, 6.45) is 6.17. The lowest BCUT2D eigenvalue weighted by Crippen LogP contribution is -2.11. The van der Waals surface area contributed by atoms with Crippen molar-refractivity contribution in [3.8, 4) is 5.75 Å². The lowest BCUT2D eigenvalue weighted by molar-refractivity contribution is -0.118. The first-order valence-electron chi connectivity index (χ1n) is 9.57. The zero-order chi connectivity index (χ0) is 21.4. The molecular formula is C23H24N2O4S. The molecule has 1 N–H and O–H groups in total. The number of benzene rings is 2. The quantitative estimate of drug-likeness (QED) is 0.535. The van der Waals surface area contributed by atoms with Crippen molar-refractivity contribution < 1.29 is 17.9 Å². The number of Topliss-reactive ketones (excluding diaryl/α,β-unsaturated/α-hetero) is 1. The average Bonchev–Trinajstić information content (AvgIpc) is 2.72. The van der Waals surface area contributed by atoms with Gasteiger partial charge in [0.05, 0.1) is 11.9 Å². The molecule has 0 saturated heterocycles. The summed E-state index contributed by atoms with van der Waals surface area (Å²) in [5.74, 6) is 0.640. The second-order valence-electron chi connectivity index (χ2n) is 7.05. The molecule has 3 rings (SSSR count). The maximum Gasteiger partial charge on any atom is 0.229 e. The monoisotopic (exact) mass is 424 g/mol. The number of ether oxygens (including phenoxy) is 1. The van der Waals surface area contributed by atoms with Gasteiger partial charge in [0.25, 0.3) is 0 Å².